The second kappa shape index (κ2) is 45.9. The van der Waals surface area contributed by atoms with Gasteiger partial charge in [-0.25, -0.2) is 0 Å². The van der Waals surface area contributed by atoms with Gasteiger partial charge in [0.1, 0.15) is 24.4 Å². The number of nitrogens with one attached hydrogen (secondary N) is 6. The summed E-state index contributed by atoms with van der Waals surface area (Å²) in [6.45, 7) is 9.25. The highest BCUT2D eigenvalue weighted by molar-refractivity contribution is 9.09. The van der Waals surface area contributed by atoms with Crippen LogP contribution in [0, 0.1) is 0 Å². The molecule has 0 aliphatic carbocycles. The molecule has 1 unspecified atom stereocenters. The fourth-order valence-corrected chi connectivity index (χ4v) is 4.27. The summed E-state index contributed by atoms with van der Waals surface area (Å²) in [7, 11) is 0. The average Bonchev–Trinajstić information content (AvgIpc) is 3.20. The minimum absolute atomic E-state index is 0.00184. The molecule has 0 aliphatic heterocycles. The Labute approximate surface area is 359 Å². The van der Waals surface area contributed by atoms with E-state index in [0.717, 1.165) is 0 Å². The number of hydrogen-bond donors (Lipinski definition) is 8. The molecular weight excluding hydrogens is 877 g/mol. The zero-order valence-corrected chi connectivity index (χ0v) is 37.1. The quantitative estimate of drug-likeness (QED) is 0.0275. The molecule has 58 heavy (non-hydrogen) atoms. The lowest BCUT2D eigenvalue weighted by molar-refractivity contribution is -0.140. The number of carbonyl (C=O) groups is 9. The Morgan fingerprint density at radius 3 is 1.60 bits per heavy atom. The molecule has 0 saturated heterocycles. The van der Waals surface area contributed by atoms with E-state index in [1.807, 2.05) is 13.8 Å². The summed E-state index contributed by atoms with van der Waals surface area (Å²) in [5, 5.41) is 31.8. The molecule has 7 amide bonds. The van der Waals surface area contributed by atoms with Crippen molar-refractivity contribution in [2.75, 3.05) is 89.3 Å². The highest BCUT2D eigenvalue weighted by Gasteiger charge is 2.26. The predicted molar refractivity (Wildman–Crippen MR) is 222 cm³/mol. The van der Waals surface area contributed by atoms with Crippen LogP contribution in [0.1, 0.15) is 72.6 Å². The summed E-state index contributed by atoms with van der Waals surface area (Å²) in [6.07, 6.45) is 1.57. The van der Waals surface area contributed by atoms with Crippen molar-refractivity contribution in [2.45, 2.75) is 78.7 Å². The second-order valence-corrected chi connectivity index (χ2v) is 12.3. The van der Waals surface area contributed by atoms with Gasteiger partial charge in [0.2, 0.25) is 41.4 Å². The van der Waals surface area contributed by atoms with Crippen LogP contribution < -0.4 is 31.9 Å². The number of alkyl halides is 3. The van der Waals surface area contributed by atoms with Crippen molar-refractivity contribution >= 4 is 92.9 Å². The first kappa shape index (κ1) is 60.9. The Kier molecular flexibility index (Phi) is 48.2. The molecule has 1 atom stereocenters. The van der Waals surface area contributed by atoms with Crippen molar-refractivity contribution in [3.63, 3.8) is 0 Å². The Morgan fingerprint density at radius 1 is 0.672 bits per heavy atom. The molecule has 0 heterocycles. The predicted octanol–water partition coefficient (Wildman–Crippen LogP) is 0.355. The molecular formula is C35H64BrCl2N7O13. The third kappa shape index (κ3) is 43.3. The molecule has 0 aliphatic rings. The number of ether oxygens (including phenoxy) is 2. The summed E-state index contributed by atoms with van der Waals surface area (Å²) >= 11 is 14.0. The lowest BCUT2D eigenvalue weighted by Gasteiger charge is -2.28. The van der Waals surface area contributed by atoms with Crippen LogP contribution in [-0.2, 0) is 52.6 Å². The maximum atomic E-state index is 13.3. The zero-order chi connectivity index (χ0) is 45.0. The highest BCUT2D eigenvalue weighted by Crippen LogP contribution is 2.05. The number of hydrogen-bond acceptors (Lipinski definition) is 11. The van der Waals surface area contributed by atoms with Gasteiger partial charge in [-0.2, -0.15) is 0 Å². The van der Waals surface area contributed by atoms with Crippen LogP contribution in [0.25, 0.3) is 0 Å². The first-order chi connectivity index (χ1) is 27.8. The van der Waals surface area contributed by atoms with Gasteiger partial charge >= 0.3 is 5.97 Å². The molecule has 0 bridgehead atoms. The third-order valence-electron chi connectivity index (χ3n) is 6.34. The lowest BCUT2D eigenvalue weighted by atomic mass is 10.1. The van der Waals surface area contributed by atoms with Gasteiger partial charge in [0.15, 0.2) is 0 Å². The van der Waals surface area contributed by atoms with E-state index in [9.17, 15) is 38.4 Å². The van der Waals surface area contributed by atoms with Crippen LogP contribution in [0.3, 0.4) is 0 Å². The number of amides is 7. The Morgan fingerprint density at radius 2 is 1.12 bits per heavy atom. The minimum atomic E-state index is -1.20. The maximum Gasteiger partial charge on any atom is 0.303 e. The summed E-state index contributed by atoms with van der Waals surface area (Å²) in [5.41, 5.74) is 0. The standard InChI is InChI=1S/C29H48BrCl2N7O11.C3H8.C2H6.CH2O2/c30-17-24(42)33-7-1-3-22(40)37-11-14-49-15-16-50-20-27(45)34-8-2-4-23(41)38-21(5-6-28(46)47)29(48)39(12-9-35-25(43)18-31)13-10-36-26(44)19-32;1-3-2;1-2;2-1-3/h21H,1-20H2,(H,33,42)(H,34,45)(H,35,43)(H,36,44)(H,37,40)(H,38,41)(H,46,47);3H2,1-2H3;1-2H3;1H,(H,2,3). The van der Waals surface area contributed by atoms with Crippen molar-refractivity contribution in [1.29, 1.82) is 0 Å². The number of halogens is 3. The first-order valence-electron chi connectivity index (χ1n) is 18.8. The van der Waals surface area contributed by atoms with E-state index in [-0.39, 0.29) is 120 Å². The van der Waals surface area contributed by atoms with Gasteiger partial charge in [-0.15, -0.1) is 23.2 Å². The largest absolute Gasteiger partial charge is 0.483 e. The number of nitrogens with zero attached hydrogens (tertiary/aromatic N) is 1. The molecule has 8 N–H and O–H groups in total. The number of carboxylic acids is 1. The van der Waals surface area contributed by atoms with Gasteiger partial charge < -0.3 is 56.5 Å². The molecule has 0 aromatic carbocycles. The van der Waals surface area contributed by atoms with Crippen molar-refractivity contribution < 1.29 is 62.8 Å². The third-order valence-corrected chi connectivity index (χ3v) is 7.34. The van der Waals surface area contributed by atoms with E-state index in [4.69, 9.17) is 47.7 Å². The molecule has 20 nitrogen and oxygen atoms in total. The Balaban J connectivity index is -0.00000168. The van der Waals surface area contributed by atoms with E-state index in [1.165, 1.54) is 11.3 Å². The molecule has 0 saturated carbocycles. The number of carbonyl (C=O) groups excluding carboxylic acids is 7. The van der Waals surface area contributed by atoms with Crippen LogP contribution in [0.2, 0.25) is 0 Å². The van der Waals surface area contributed by atoms with Crippen molar-refractivity contribution in [2.24, 2.45) is 0 Å². The van der Waals surface area contributed by atoms with Gasteiger partial charge in [-0.1, -0.05) is 50.0 Å². The zero-order valence-electron chi connectivity index (χ0n) is 34.0. The fraction of sp³-hybridized carbons (Fsp3) is 0.743. The molecule has 23 heteroatoms. The van der Waals surface area contributed by atoms with Crippen LogP contribution in [0.5, 0.6) is 0 Å². The summed E-state index contributed by atoms with van der Waals surface area (Å²) in [5.74, 6) is -4.54. The highest BCUT2D eigenvalue weighted by atomic mass is 79.9. The molecule has 0 spiro atoms. The van der Waals surface area contributed by atoms with E-state index in [1.54, 1.807) is 0 Å². The van der Waals surface area contributed by atoms with Gasteiger partial charge in [0.05, 0.1) is 25.2 Å². The van der Waals surface area contributed by atoms with Crippen LogP contribution >= 0.6 is 39.1 Å². The molecule has 0 rings (SSSR count). The average molecular weight is 942 g/mol. The first-order valence-corrected chi connectivity index (χ1v) is 21.0. The number of aliphatic carboxylic acids is 1. The van der Waals surface area contributed by atoms with E-state index in [2.05, 4.69) is 61.7 Å². The molecule has 0 aromatic heterocycles. The van der Waals surface area contributed by atoms with Crippen LogP contribution in [0.4, 0.5) is 0 Å². The van der Waals surface area contributed by atoms with Crippen molar-refractivity contribution in [3.05, 3.63) is 0 Å². The SMILES string of the molecule is CC.CCC.O=C(O)CCC(NC(=O)CCCNC(=O)COCCOCCNC(=O)CCCNC(=O)CBr)C(=O)N(CCNC(=O)CCl)CCNC(=O)CCl.O=CO. The molecule has 0 fully saturated rings. The Bertz CT molecular complexity index is 1140. The van der Waals surface area contributed by atoms with E-state index >= 15 is 0 Å². The lowest BCUT2D eigenvalue weighted by Crippen LogP contribution is -2.52. The topological polar surface area (TPSA) is 288 Å². The van der Waals surface area contributed by atoms with E-state index in [0.29, 0.717) is 19.5 Å². The summed E-state index contributed by atoms with van der Waals surface area (Å²) < 4.78 is 10.6. The number of carboxylic acid groups (broad SMARTS) is 2. The van der Waals surface area contributed by atoms with Gasteiger partial charge in [-0.05, 0) is 19.3 Å². The monoisotopic (exact) mass is 939 g/mol. The molecule has 338 valence electrons. The summed E-state index contributed by atoms with van der Waals surface area (Å²) in [6, 6.07) is -1.20. The van der Waals surface area contributed by atoms with E-state index < -0.39 is 48.0 Å². The fourth-order valence-electron chi connectivity index (χ4n) is 3.89. The summed E-state index contributed by atoms with van der Waals surface area (Å²) in [4.78, 5) is 105. The van der Waals surface area contributed by atoms with Gasteiger partial charge in [0.25, 0.3) is 6.47 Å². The van der Waals surface area contributed by atoms with Crippen molar-refractivity contribution in [1.82, 2.24) is 36.8 Å². The van der Waals surface area contributed by atoms with Gasteiger partial charge in [0, 0.05) is 65.1 Å². The van der Waals surface area contributed by atoms with Gasteiger partial charge in [-0.3, -0.25) is 43.2 Å². The minimum Gasteiger partial charge on any atom is -0.483 e. The number of rotatable bonds is 30. The van der Waals surface area contributed by atoms with Crippen molar-refractivity contribution in [3.8, 4) is 0 Å². The van der Waals surface area contributed by atoms with Crippen LogP contribution in [0.15, 0.2) is 0 Å². The molecule has 0 radical (unpaired) electrons. The normalized spacial score (nSPS) is 10.2. The molecule has 0 aromatic rings. The van der Waals surface area contributed by atoms with Crippen LogP contribution in [-0.4, -0.2) is 164 Å². The smallest absolute Gasteiger partial charge is 0.303 e. The second-order valence-electron chi connectivity index (χ2n) is 11.2. The Hall–Kier alpha value is -3.79. The maximum absolute atomic E-state index is 13.3.